The second-order valence-electron chi connectivity index (χ2n) is 5.53. The molecule has 2 aromatic heterocycles. The highest BCUT2D eigenvalue weighted by atomic mass is 32.2. The van der Waals surface area contributed by atoms with Crippen LogP contribution in [-0.2, 0) is 16.1 Å². The van der Waals surface area contributed by atoms with Gasteiger partial charge in [0.15, 0.2) is 11.0 Å². The molecule has 0 bridgehead atoms. The number of nitrogens with zero attached hydrogens (tertiary/aromatic N) is 3. The van der Waals surface area contributed by atoms with Crippen molar-refractivity contribution in [3.8, 4) is 5.69 Å². The summed E-state index contributed by atoms with van der Waals surface area (Å²) in [5.74, 6) is -2.60. The van der Waals surface area contributed by atoms with E-state index < -0.39 is 28.9 Å². The Hall–Kier alpha value is -3.01. The number of aromatic nitrogens is 3. The molecule has 3 aromatic rings. The number of nitrogen functional groups attached to an aromatic ring is 1. The Bertz CT molecular complexity index is 1120. The first-order valence-electron chi connectivity index (χ1n) is 7.66. The van der Waals surface area contributed by atoms with Gasteiger partial charge >= 0.3 is 5.97 Å². The van der Waals surface area contributed by atoms with Crippen LogP contribution < -0.4 is 11.3 Å². The molecule has 3 rings (SSSR count). The molecule has 0 aliphatic carbocycles. The molecule has 0 amide bonds. The fraction of sp³-hybridized carbons (Fsp3) is 0.176. The topological polar surface area (TPSA) is 100 Å². The van der Waals surface area contributed by atoms with Crippen LogP contribution in [0.4, 0.5) is 14.5 Å². The molecule has 27 heavy (non-hydrogen) atoms. The molecule has 0 saturated carbocycles. The lowest BCUT2D eigenvalue weighted by Gasteiger charge is -2.14. The predicted molar refractivity (Wildman–Crippen MR) is 96.7 cm³/mol. The van der Waals surface area contributed by atoms with Crippen LogP contribution in [0.25, 0.3) is 16.6 Å². The van der Waals surface area contributed by atoms with E-state index in [0.29, 0.717) is 10.7 Å². The fourth-order valence-electron chi connectivity index (χ4n) is 2.50. The van der Waals surface area contributed by atoms with E-state index in [0.717, 1.165) is 16.7 Å². The highest BCUT2D eigenvalue weighted by Gasteiger charge is 2.20. The number of pyridine rings is 1. The van der Waals surface area contributed by atoms with Gasteiger partial charge in [-0.25, -0.2) is 18.7 Å². The fourth-order valence-corrected chi connectivity index (χ4v) is 2.84. The van der Waals surface area contributed by atoms with Crippen LogP contribution >= 0.6 is 11.8 Å². The van der Waals surface area contributed by atoms with Crippen molar-refractivity contribution in [1.29, 1.82) is 0 Å². The van der Waals surface area contributed by atoms with Crippen molar-refractivity contribution in [2.24, 2.45) is 0 Å². The zero-order valence-electron chi connectivity index (χ0n) is 14.3. The Labute approximate surface area is 156 Å². The van der Waals surface area contributed by atoms with Gasteiger partial charge in [-0.15, -0.1) is 0 Å². The van der Waals surface area contributed by atoms with E-state index in [1.54, 1.807) is 6.26 Å². The third-order valence-electron chi connectivity index (χ3n) is 3.76. The van der Waals surface area contributed by atoms with E-state index in [-0.39, 0.29) is 23.2 Å². The van der Waals surface area contributed by atoms with E-state index in [1.807, 2.05) is 0 Å². The normalized spacial score (nSPS) is 11.0. The Morgan fingerprint density at radius 2 is 2.11 bits per heavy atom. The summed E-state index contributed by atoms with van der Waals surface area (Å²) in [6, 6.07) is 2.03. The van der Waals surface area contributed by atoms with Gasteiger partial charge in [-0.05, 0) is 18.4 Å². The number of carbonyl (C=O) groups is 1. The standard InChI is InChI=1S/C17H14F2N4O3S/c1-8(24)26-7-9-6-23(15-11(18)3-4-12(20)13(15)19)16(25)10-5-21-17(27-2)22-14(9)10/h3-6H,7,20H2,1-2H3. The van der Waals surface area contributed by atoms with Crippen LogP contribution in [0.2, 0.25) is 0 Å². The summed E-state index contributed by atoms with van der Waals surface area (Å²) < 4.78 is 34.5. The van der Waals surface area contributed by atoms with Gasteiger partial charge in [-0.1, -0.05) is 11.8 Å². The molecule has 0 radical (unpaired) electrons. The van der Waals surface area contributed by atoms with Crippen molar-refractivity contribution in [3.63, 3.8) is 0 Å². The molecule has 0 unspecified atom stereocenters. The number of anilines is 1. The van der Waals surface area contributed by atoms with Crippen LogP contribution in [-0.4, -0.2) is 26.8 Å². The molecule has 7 nitrogen and oxygen atoms in total. The summed E-state index contributed by atoms with van der Waals surface area (Å²) in [5, 5.41) is 0.420. The molecule has 0 atom stereocenters. The van der Waals surface area contributed by atoms with Crippen LogP contribution in [0.5, 0.6) is 0 Å². The Morgan fingerprint density at radius 1 is 1.37 bits per heavy atom. The molecule has 0 fully saturated rings. The number of fused-ring (bicyclic) bond motifs is 1. The number of nitrogens with two attached hydrogens (primary N) is 1. The van der Waals surface area contributed by atoms with Crippen LogP contribution in [0.1, 0.15) is 12.5 Å². The highest BCUT2D eigenvalue weighted by Crippen LogP contribution is 2.24. The maximum Gasteiger partial charge on any atom is 0.302 e. The average Bonchev–Trinajstić information content (AvgIpc) is 2.65. The van der Waals surface area contributed by atoms with Crippen molar-refractivity contribution in [3.05, 3.63) is 52.1 Å². The smallest absolute Gasteiger partial charge is 0.302 e. The third kappa shape index (κ3) is 3.47. The molecule has 0 saturated heterocycles. The van der Waals surface area contributed by atoms with Gasteiger partial charge < -0.3 is 10.5 Å². The molecule has 140 valence electrons. The van der Waals surface area contributed by atoms with E-state index >= 15 is 0 Å². The SMILES string of the molecule is CSc1ncc2c(=O)n(-c3c(F)ccc(N)c3F)cc(COC(C)=O)c2n1. The molecule has 2 heterocycles. The maximum atomic E-state index is 14.4. The van der Waals surface area contributed by atoms with Crippen molar-refractivity contribution in [2.75, 3.05) is 12.0 Å². The number of hydrogen-bond acceptors (Lipinski definition) is 7. The van der Waals surface area contributed by atoms with Crippen molar-refractivity contribution < 1.29 is 18.3 Å². The quantitative estimate of drug-likeness (QED) is 0.315. The number of carbonyl (C=O) groups excluding carboxylic acids is 1. The first kappa shape index (κ1) is 18.8. The summed E-state index contributed by atoms with van der Waals surface area (Å²) in [7, 11) is 0. The Kier molecular flexibility index (Phi) is 5.08. The number of halogens is 2. The van der Waals surface area contributed by atoms with Gasteiger partial charge in [0, 0.05) is 24.9 Å². The molecule has 1 aromatic carbocycles. The summed E-state index contributed by atoms with van der Waals surface area (Å²) in [6.45, 7) is 0.986. The van der Waals surface area contributed by atoms with Crippen LogP contribution in [0.3, 0.4) is 0 Å². The summed E-state index contributed by atoms with van der Waals surface area (Å²) >= 11 is 1.25. The molecular formula is C17H14F2N4O3S. The van der Waals surface area contributed by atoms with Gasteiger partial charge in [0.1, 0.15) is 18.1 Å². The summed E-state index contributed by atoms with van der Waals surface area (Å²) in [4.78, 5) is 32.3. The van der Waals surface area contributed by atoms with Crippen molar-refractivity contribution in [2.45, 2.75) is 18.7 Å². The largest absolute Gasteiger partial charge is 0.461 e. The average molecular weight is 392 g/mol. The Morgan fingerprint density at radius 3 is 2.78 bits per heavy atom. The first-order valence-corrected chi connectivity index (χ1v) is 8.88. The number of thioether (sulfide) groups is 1. The van der Waals surface area contributed by atoms with E-state index in [1.165, 1.54) is 31.1 Å². The van der Waals surface area contributed by atoms with E-state index in [4.69, 9.17) is 10.5 Å². The highest BCUT2D eigenvalue weighted by molar-refractivity contribution is 7.98. The van der Waals surface area contributed by atoms with Crippen molar-refractivity contribution >= 4 is 34.3 Å². The molecule has 2 N–H and O–H groups in total. The van der Waals surface area contributed by atoms with Crippen LogP contribution in [0, 0.1) is 11.6 Å². The number of ether oxygens (including phenoxy) is 1. The molecular weight excluding hydrogens is 378 g/mol. The lowest BCUT2D eigenvalue weighted by Crippen LogP contribution is -2.23. The number of benzene rings is 1. The first-order chi connectivity index (χ1) is 12.8. The zero-order valence-corrected chi connectivity index (χ0v) is 15.1. The van der Waals surface area contributed by atoms with E-state index in [2.05, 4.69) is 9.97 Å². The predicted octanol–water partition coefficient (Wildman–Crippen LogP) is 2.43. The third-order valence-corrected chi connectivity index (χ3v) is 4.32. The second-order valence-corrected chi connectivity index (χ2v) is 6.30. The minimum absolute atomic E-state index is 0.0266. The van der Waals surface area contributed by atoms with Gasteiger partial charge in [-0.3, -0.25) is 14.2 Å². The lowest BCUT2D eigenvalue weighted by atomic mass is 10.2. The number of rotatable bonds is 4. The zero-order chi connectivity index (χ0) is 19.7. The summed E-state index contributed by atoms with van der Waals surface area (Å²) in [5.41, 5.74) is 4.37. The number of esters is 1. The minimum Gasteiger partial charge on any atom is -0.461 e. The van der Waals surface area contributed by atoms with Crippen LogP contribution in [0.15, 0.2) is 34.5 Å². The Balaban J connectivity index is 2.35. The number of hydrogen-bond donors (Lipinski definition) is 1. The molecule has 10 heteroatoms. The van der Waals surface area contributed by atoms with Gasteiger partial charge in [0.2, 0.25) is 0 Å². The lowest BCUT2D eigenvalue weighted by molar-refractivity contribution is -0.142. The summed E-state index contributed by atoms with van der Waals surface area (Å²) in [6.07, 6.45) is 4.21. The maximum absolute atomic E-state index is 14.4. The second kappa shape index (κ2) is 7.31. The monoisotopic (exact) mass is 392 g/mol. The van der Waals surface area contributed by atoms with Crippen molar-refractivity contribution in [1.82, 2.24) is 14.5 Å². The molecule has 0 aliphatic rings. The van der Waals surface area contributed by atoms with Gasteiger partial charge in [0.25, 0.3) is 5.56 Å². The molecule has 0 aliphatic heterocycles. The van der Waals surface area contributed by atoms with E-state index in [9.17, 15) is 18.4 Å². The molecule has 0 spiro atoms. The van der Waals surface area contributed by atoms with Gasteiger partial charge in [-0.2, -0.15) is 0 Å². The minimum atomic E-state index is -1.07. The van der Waals surface area contributed by atoms with Gasteiger partial charge in [0.05, 0.1) is 16.6 Å².